The maximum absolute atomic E-state index is 10.8. The number of ether oxygens (including phenoxy) is 1. The van der Waals surface area contributed by atoms with E-state index in [0.29, 0.717) is 0 Å². The van der Waals surface area contributed by atoms with Crippen LogP contribution in [0.3, 0.4) is 0 Å². The molecule has 8 nitrogen and oxygen atoms in total. The summed E-state index contributed by atoms with van der Waals surface area (Å²) in [4.78, 5) is 10.3. The first-order chi connectivity index (χ1) is 9.04. The standard InChI is InChI=1S/C11H14N2O6/c14-5-8-9(15)10(16)11(19-8)12-6-3-1-2-4-7(6)13(17)18/h1-4,8-12,14-16H,5H2. The molecule has 1 aromatic rings. The van der Waals surface area contributed by atoms with Gasteiger partial charge in [-0.2, -0.15) is 0 Å². The highest BCUT2D eigenvalue weighted by Gasteiger charge is 2.42. The zero-order valence-corrected chi connectivity index (χ0v) is 9.84. The first-order valence-corrected chi connectivity index (χ1v) is 5.67. The van der Waals surface area contributed by atoms with Crippen LogP contribution in [-0.2, 0) is 4.74 Å². The molecule has 0 bridgehead atoms. The summed E-state index contributed by atoms with van der Waals surface area (Å²) in [6.45, 7) is -0.451. The summed E-state index contributed by atoms with van der Waals surface area (Å²) in [6, 6.07) is 5.88. The third kappa shape index (κ3) is 2.66. The van der Waals surface area contributed by atoms with Gasteiger partial charge < -0.3 is 25.4 Å². The molecule has 104 valence electrons. The zero-order valence-electron chi connectivity index (χ0n) is 9.84. The van der Waals surface area contributed by atoms with E-state index in [4.69, 9.17) is 9.84 Å². The van der Waals surface area contributed by atoms with E-state index >= 15 is 0 Å². The van der Waals surface area contributed by atoms with Crippen molar-refractivity contribution >= 4 is 11.4 Å². The van der Waals surface area contributed by atoms with Gasteiger partial charge in [0.15, 0.2) is 6.23 Å². The Morgan fingerprint density at radius 2 is 2.00 bits per heavy atom. The number of rotatable bonds is 4. The number of nitrogens with one attached hydrogen (secondary N) is 1. The summed E-state index contributed by atoms with van der Waals surface area (Å²) >= 11 is 0. The van der Waals surface area contributed by atoms with Crippen LogP contribution in [-0.4, -0.2) is 51.4 Å². The molecule has 0 saturated carbocycles. The lowest BCUT2D eigenvalue weighted by Crippen LogP contribution is -2.36. The van der Waals surface area contributed by atoms with Crippen molar-refractivity contribution in [3.8, 4) is 0 Å². The molecule has 0 radical (unpaired) electrons. The molecule has 0 aromatic heterocycles. The predicted molar refractivity (Wildman–Crippen MR) is 64.5 cm³/mol. The predicted octanol–water partition coefficient (Wildman–Crippen LogP) is -0.554. The number of nitro groups is 1. The van der Waals surface area contributed by atoms with Gasteiger partial charge in [0, 0.05) is 6.07 Å². The molecule has 4 atom stereocenters. The number of hydrogen-bond donors (Lipinski definition) is 4. The molecule has 19 heavy (non-hydrogen) atoms. The van der Waals surface area contributed by atoms with E-state index in [0.717, 1.165) is 0 Å². The van der Waals surface area contributed by atoms with Crippen molar-refractivity contribution in [1.82, 2.24) is 0 Å². The SMILES string of the molecule is O=[N+]([O-])c1ccccc1NC1OC(CO)C(O)C1O. The highest BCUT2D eigenvalue weighted by molar-refractivity contribution is 5.61. The summed E-state index contributed by atoms with van der Waals surface area (Å²) < 4.78 is 5.19. The minimum Gasteiger partial charge on any atom is -0.394 e. The van der Waals surface area contributed by atoms with Crippen molar-refractivity contribution in [3.63, 3.8) is 0 Å². The van der Waals surface area contributed by atoms with Crippen LogP contribution >= 0.6 is 0 Å². The van der Waals surface area contributed by atoms with Gasteiger partial charge in [0.05, 0.1) is 11.5 Å². The molecule has 4 unspecified atom stereocenters. The van der Waals surface area contributed by atoms with E-state index < -0.39 is 36.1 Å². The second-order valence-electron chi connectivity index (χ2n) is 4.18. The molecule has 1 heterocycles. The number of para-hydroxylation sites is 2. The number of hydrogen-bond acceptors (Lipinski definition) is 7. The second kappa shape index (κ2) is 5.49. The van der Waals surface area contributed by atoms with E-state index in [1.165, 1.54) is 18.2 Å². The summed E-state index contributed by atoms with van der Waals surface area (Å²) in [5.74, 6) is 0. The number of anilines is 1. The first kappa shape index (κ1) is 13.7. The van der Waals surface area contributed by atoms with Gasteiger partial charge in [0.2, 0.25) is 0 Å². The van der Waals surface area contributed by atoms with E-state index in [1.54, 1.807) is 6.07 Å². The summed E-state index contributed by atoms with van der Waals surface area (Å²) in [7, 11) is 0. The van der Waals surface area contributed by atoms with Gasteiger partial charge in [-0.1, -0.05) is 12.1 Å². The second-order valence-corrected chi connectivity index (χ2v) is 4.18. The molecule has 1 saturated heterocycles. The quantitative estimate of drug-likeness (QED) is 0.427. The fraction of sp³-hybridized carbons (Fsp3) is 0.455. The Morgan fingerprint density at radius 1 is 1.32 bits per heavy atom. The van der Waals surface area contributed by atoms with Crippen LogP contribution in [0.2, 0.25) is 0 Å². The van der Waals surface area contributed by atoms with Crippen LogP contribution in [0.4, 0.5) is 11.4 Å². The Labute approximate surface area is 108 Å². The summed E-state index contributed by atoms with van der Waals surface area (Å²) in [5, 5.41) is 41.7. The first-order valence-electron chi connectivity index (χ1n) is 5.67. The molecular weight excluding hydrogens is 256 g/mol. The smallest absolute Gasteiger partial charge is 0.292 e. The molecular formula is C11H14N2O6. The Morgan fingerprint density at radius 3 is 2.58 bits per heavy atom. The molecule has 0 spiro atoms. The van der Waals surface area contributed by atoms with Crippen molar-refractivity contribution in [2.45, 2.75) is 24.5 Å². The number of aliphatic hydroxyl groups excluding tert-OH is 3. The van der Waals surface area contributed by atoms with Crippen LogP contribution < -0.4 is 5.32 Å². The highest BCUT2D eigenvalue weighted by atomic mass is 16.6. The van der Waals surface area contributed by atoms with Crippen molar-refractivity contribution in [1.29, 1.82) is 0 Å². The van der Waals surface area contributed by atoms with Gasteiger partial charge in [-0.3, -0.25) is 10.1 Å². The fourth-order valence-electron chi connectivity index (χ4n) is 1.93. The van der Waals surface area contributed by atoms with E-state index in [-0.39, 0.29) is 11.4 Å². The average molecular weight is 270 g/mol. The van der Waals surface area contributed by atoms with Crippen LogP contribution in [0.1, 0.15) is 0 Å². The Bertz CT molecular complexity index is 468. The van der Waals surface area contributed by atoms with E-state index in [1.807, 2.05) is 0 Å². The van der Waals surface area contributed by atoms with Gasteiger partial charge in [-0.05, 0) is 6.07 Å². The largest absolute Gasteiger partial charge is 0.394 e. The molecule has 1 fully saturated rings. The lowest BCUT2D eigenvalue weighted by Gasteiger charge is -2.17. The molecule has 8 heteroatoms. The lowest BCUT2D eigenvalue weighted by molar-refractivity contribution is -0.384. The Kier molecular flexibility index (Phi) is 3.96. The Balaban J connectivity index is 2.16. The van der Waals surface area contributed by atoms with Crippen molar-refractivity contribution in [2.75, 3.05) is 11.9 Å². The molecule has 4 N–H and O–H groups in total. The number of nitrogens with zero attached hydrogens (tertiary/aromatic N) is 1. The number of nitro benzene ring substituents is 1. The third-order valence-electron chi connectivity index (χ3n) is 2.94. The van der Waals surface area contributed by atoms with Gasteiger partial charge >= 0.3 is 0 Å². The van der Waals surface area contributed by atoms with Crippen molar-refractivity contribution in [2.24, 2.45) is 0 Å². The maximum Gasteiger partial charge on any atom is 0.292 e. The van der Waals surface area contributed by atoms with Crippen LogP contribution in [0.5, 0.6) is 0 Å². The van der Waals surface area contributed by atoms with Crippen LogP contribution in [0, 0.1) is 10.1 Å². The van der Waals surface area contributed by atoms with Crippen molar-refractivity contribution < 1.29 is 25.0 Å². The summed E-state index contributed by atoms with van der Waals surface area (Å²) in [5.41, 5.74) is 0.00239. The maximum atomic E-state index is 10.8. The van der Waals surface area contributed by atoms with Crippen molar-refractivity contribution in [3.05, 3.63) is 34.4 Å². The normalized spacial score (nSPS) is 30.3. The molecule has 2 rings (SSSR count). The van der Waals surface area contributed by atoms with Gasteiger partial charge in [-0.15, -0.1) is 0 Å². The molecule has 1 aliphatic rings. The molecule has 1 aliphatic heterocycles. The Hall–Kier alpha value is -1.74. The van der Waals surface area contributed by atoms with Gasteiger partial charge in [0.25, 0.3) is 5.69 Å². The minimum absolute atomic E-state index is 0.166. The molecule has 0 amide bonds. The third-order valence-corrected chi connectivity index (χ3v) is 2.94. The number of benzene rings is 1. The van der Waals surface area contributed by atoms with Gasteiger partial charge in [0.1, 0.15) is 24.0 Å². The van der Waals surface area contributed by atoms with E-state index in [9.17, 15) is 20.3 Å². The van der Waals surface area contributed by atoms with Crippen LogP contribution in [0.15, 0.2) is 24.3 Å². The lowest BCUT2D eigenvalue weighted by atomic mass is 10.1. The topological polar surface area (TPSA) is 125 Å². The average Bonchev–Trinajstić information content (AvgIpc) is 2.67. The van der Waals surface area contributed by atoms with E-state index in [2.05, 4.69) is 5.32 Å². The highest BCUT2D eigenvalue weighted by Crippen LogP contribution is 2.28. The van der Waals surface area contributed by atoms with Gasteiger partial charge in [-0.25, -0.2) is 0 Å². The number of aliphatic hydroxyl groups is 3. The monoisotopic (exact) mass is 270 g/mol. The van der Waals surface area contributed by atoms with Crippen LogP contribution in [0.25, 0.3) is 0 Å². The minimum atomic E-state index is -1.28. The zero-order chi connectivity index (χ0) is 14.0. The fourth-order valence-corrected chi connectivity index (χ4v) is 1.93. The summed E-state index contributed by atoms with van der Waals surface area (Å²) in [6.07, 6.45) is -4.47. The molecule has 1 aromatic carbocycles. The molecule has 0 aliphatic carbocycles.